The molecule has 4 aromatic rings. The molecule has 1 aliphatic heterocycles. The van der Waals surface area contributed by atoms with Crippen molar-refractivity contribution in [3.8, 4) is 17.4 Å². The molecule has 0 radical (unpaired) electrons. The van der Waals surface area contributed by atoms with Crippen LogP contribution in [0.5, 0.6) is 17.4 Å². The Morgan fingerprint density at radius 3 is 2.29 bits per heavy atom. The number of ether oxygens (including phenoxy) is 2. The second-order valence-corrected chi connectivity index (χ2v) is 14.0. The minimum atomic E-state index is -3.61. The molecule has 0 bridgehead atoms. The van der Waals surface area contributed by atoms with Gasteiger partial charge in [-0.25, -0.2) is 18.2 Å². The van der Waals surface area contributed by atoms with Crippen molar-refractivity contribution in [2.24, 2.45) is 0 Å². The molecule has 1 saturated heterocycles. The van der Waals surface area contributed by atoms with Crippen LogP contribution in [0.25, 0.3) is 10.8 Å². The zero-order chi connectivity index (χ0) is 32.4. The molecule has 1 aliphatic rings. The fourth-order valence-electron chi connectivity index (χ4n) is 5.41. The second kappa shape index (κ2) is 12.9. The number of aromatic nitrogens is 2. The van der Waals surface area contributed by atoms with Gasteiger partial charge >= 0.3 is 6.03 Å². The number of fused-ring (bicyclic) bond motifs is 1. The van der Waals surface area contributed by atoms with Crippen molar-refractivity contribution in [2.75, 3.05) is 41.8 Å². The molecule has 5 rings (SSSR count). The molecule has 45 heavy (non-hydrogen) atoms. The van der Waals surface area contributed by atoms with Crippen molar-refractivity contribution in [1.29, 1.82) is 0 Å². The molecule has 1 fully saturated rings. The number of carbonyl (C=O) groups excluding carboxylic acids is 1. The monoisotopic (exact) mass is 632 g/mol. The lowest BCUT2D eigenvalue weighted by Crippen LogP contribution is -2.24. The molecule has 1 aromatic heterocycles. The van der Waals surface area contributed by atoms with Gasteiger partial charge in [-0.05, 0) is 68.1 Å². The van der Waals surface area contributed by atoms with E-state index in [-0.39, 0.29) is 22.9 Å². The van der Waals surface area contributed by atoms with Crippen molar-refractivity contribution in [2.45, 2.75) is 52.0 Å². The molecule has 2 heterocycles. The van der Waals surface area contributed by atoms with Crippen LogP contribution in [0.2, 0.25) is 0 Å². The van der Waals surface area contributed by atoms with E-state index in [2.05, 4.69) is 32.2 Å². The third-order valence-corrected chi connectivity index (χ3v) is 8.35. The number of anilines is 3. The molecular formula is C33H40N6O5S. The number of methoxy groups -OCH3 is 1. The van der Waals surface area contributed by atoms with Crippen LogP contribution < -0.4 is 24.8 Å². The van der Waals surface area contributed by atoms with E-state index < -0.39 is 16.1 Å². The Morgan fingerprint density at radius 1 is 0.956 bits per heavy atom. The molecule has 12 heteroatoms. The number of carbonyl (C=O) groups is 1. The van der Waals surface area contributed by atoms with Gasteiger partial charge < -0.3 is 20.1 Å². The fourth-order valence-corrected chi connectivity index (χ4v) is 5.97. The van der Waals surface area contributed by atoms with E-state index in [4.69, 9.17) is 14.5 Å². The van der Waals surface area contributed by atoms with Crippen LogP contribution in [-0.4, -0.2) is 55.8 Å². The summed E-state index contributed by atoms with van der Waals surface area (Å²) < 4.78 is 38.5. The van der Waals surface area contributed by atoms with Crippen LogP contribution in [0, 0.1) is 0 Å². The summed E-state index contributed by atoms with van der Waals surface area (Å²) >= 11 is 0. The normalized spacial score (nSPS) is 14.6. The average Bonchev–Trinajstić information content (AvgIpc) is 3.52. The van der Waals surface area contributed by atoms with Gasteiger partial charge in [0.1, 0.15) is 11.6 Å². The number of rotatable bonds is 9. The van der Waals surface area contributed by atoms with Crippen LogP contribution in [0.4, 0.5) is 21.9 Å². The Kier molecular flexibility index (Phi) is 9.17. The van der Waals surface area contributed by atoms with Crippen LogP contribution in [0.3, 0.4) is 0 Å². The molecular weight excluding hydrogens is 592 g/mol. The highest BCUT2D eigenvalue weighted by atomic mass is 32.2. The first-order valence-electron chi connectivity index (χ1n) is 14.9. The molecule has 0 aliphatic carbocycles. The summed E-state index contributed by atoms with van der Waals surface area (Å²) in [6, 6.07) is 16.0. The first-order chi connectivity index (χ1) is 21.3. The first kappa shape index (κ1) is 32.0. The molecule has 1 atom stereocenters. The van der Waals surface area contributed by atoms with Gasteiger partial charge in [-0.2, -0.15) is 4.98 Å². The van der Waals surface area contributed by atoms with Crippen LogP contribution in [0.15, 0.2) is 60.8 Å². The molecule has 11 nitrogen and oxygen atoms in total. The van der Waals surface area contributed by atoms with E-state index >= 15 is 0 Å². The zero-order valence-electron chi connectivity index (χ0n) is 26.5. The highest BCUT2D eigenvalue weighted by Crippen LogP contribution is 2.40. The smallest absolute Gasteiger partial charge is 0.323 e. The van der Waals surface area contributed by atoms with Crippen molar-refractivity contribution in [1.82, 2.24) is 14.9 Å². The van der Waals surface area contributed by atoms with E-state index in [0.29, 0.717) is 23.0 Å². The lowest BCUT2D eigenvalue weighted by Gasteiger charge is -2.24. The third-order valence-electron chi connectivity index (χ3n) is 7.76. The van der Waals surface area contributed by atoms with Crippen molar-refractivity contribution < 1.29 is 22.7 Å². The van der Waals surface area contributed by atoms with Gasteiger partial charge in [-0.3, -0.25) is 9.62 Å². The maximum Gasteiger partial charge on any atom is 0.323 e. The largest absolute Gasteiger partial charge is 0.492 e. The minimum Gasteiger partial charge on any atom is -0.492 e. The van der Waals surface area contributed by atoms with Crippen LogP contribution in [-0.2, 0) is 15.4 Å². The van der Waals surface area contributed by atoms with E-state index in [1.54, 1.807) is 36.5 Å². The molecule has 3 N–H and O–H groups in total. The van der Waals surface area contributed by atoms with E-state index in [9.17, 15) is 13.2 Å². The Bertz CT molecular complexity index is 1820. The molecule has 0 saturated carbocycles. The highest BCUT2D eigenvalue weighted by molar-refractivity contribution is 7.92. The second-order valence-electron chi connectivity index (χ2n) is 12.2. The maximum absolute atomic E-state index is 13.4. The van der Waals surface area contributed by atoms with Gasteiger partial charge in [0.2, 0.25) is 15.9 Å². The Labute approximate surface area is 264 Å². The molecule has 1 unspecified atom stereocenters. The van der Waals surface area contributed by atoms with Crippen molar-refractivity contribution >= 4 is 43.9 Å². The highest BCUT2D eigenvalue weighted by Gasteiger charge is 2.24. The van der Waals surface area contributed by atoms with Gasteiger partial charge in [0, 0.05) is 23.0 Å². The number of urea groups is 1. The van der Waals surface area contributed by atoms with Gasteiger partial charge in [0.05, 0.1) is 36.5 Å². The summed E-state index contributed by atoms with van der Waals surface area (Å²) in [6.07, 6.45) is 5.15. The predicted molar refractivity (Wildman–Crippen MR) is 178 cm³/mol. The van der Waals surface area contributed by atoms with Crippen molar-refractivity contribution in [3.63, 3.8) is 0 Å². The minimum absolute atomic E-state index is 0.0961. The summed E-state index contributed by atoms with van der Waals surface area (Å²) in [4.78, 5) is 24.9. The number of nitrogens with one attached hydrogen (secondary N) is 3. The van der Waals surface area contributed by atoms with Crippen LogP contribution >= 0.6 is 0 Å². The topological polar surface area (TPSA) is 135 Å². The van der Waals surface area contributed by atoms with Crippen LogP contribution in [0.1, 0.15) is 58.0 Å². The zero-order valence-corrected chi connectivity index (χ0v) is 27.3. The number of hydrogen-bond acceptors (Lipinski definition) is 8. The van der Waals surface area contributed by atoms with Gasteiger partial charge in [-0.1, -0.05) is 45.0 Å². The lowest BCUT2D eigenvalue weighted by molar-refractivity contribution is 0.252. The fraction of sp³-hybridized carbons (Fsp3) is 0.364. The standard InChI is InChI=1S/C33H40N6O5S/c1-21(39-17-9-10-18-39)31-34-16-15-29(37-31)44-28-14-13-25(23-11-7-8-12-24(23)28)35-32(40)36-26-19-22(33(2,3)4)20-27(30(26)43-5)38-45(6,41)42/h7-8,11-16,19-21,38H,9-10,17-18H2,1-6H3,(H2,35,36,40). The Balaban J connectivity index is 1.40. The summed E-state index contributed by atoms with van der Waals surface area (Å²) in [5.74, 6) is 1.94. The number of amides is 2. The average molecular weight is 633 g/mol. The molecule has 238 valence electrons. The number of hydrogen-bond donors (Lipinski definition) is 3. The van der Waals surface area contributed by atoms with E-state index in [1.165, 1.54) is 20.0 Å². The Morgan fingerprint density at radius 2 is 1.62 bits per heavy atom. The van der Waals surface area contributed by atoms with Gasteiger partial charge in [0.15, 0.2) is 5.75 Å². The summed E-state index contributed by atoms with van der Waals surface area (Å²) in [6.45, 7) is 10.2. The lowest BCUT2D eigenvalue weighted by atomic mass is 9.86. The SMILES string of the molecule is COc1c(NC(=O)Nc2ccc(Oc3ccnc(C(C)N4CCCC4)n3)c3ccccc23)cc(C(C)(C)C)cc1NS(C)(=O)=O. The van der Waals surface area contributed by atoms with Gasteiger partial charge in [-0.15, -0.1) is 0 Å². The number of benzene rings is 3. The molecule has 0 spiro atoms. The Hall–Kier alpha value is -4.42. The first-order valence-corrected chi connectivity index (χ1v) is 16.8. The summed E-state index contributed by atoms with van der Waals surface area (Å²) in [5, 5.41) is 7.32. The van der Waals surface area contributed by atoms with Crippen molar-refractivity contribution in [3.05, 3.63) is 72.2 Å². The van der Waals surface area contributed by atoms with Gasteiger partial charge in [0.25, 0.3) is 0 Å². The van der Waals surface area contributed by atoms with E-state index in [1.807, 2.05) is 45.0 Å². The number of likely N-dealkylation sites (tertiary alicyclic amines) is 1. The molecule has 3 aromatic carbocycles. The summed E-state index contributed by atoms with van der Waals surface area (Å²) in [7, 11) is -2.19. The molecule has 2 amide bonds. The maximum atomic E-state index is 13.4. The number of nitrogens with zero attached hydrogens (tertiary/aromatic N) is 3. The summed E-state index contributed by atoms with van der Waals surface area (Å²) in [5.41, 5.74) is 1.58. The quantitative estimate of drug-likeness (QED) is 0.181. The number of sulfonamides is 1. The van der Waals surface area contributed by atoms with E-state index in [0.717, 1.165) is 41.5 Å². The predicted octanol–water partition coefficient (Wildman–Crippen LogP) is 6.90. The third kappa shape index (κ3) is 7.63.